The van der Waals surface area contributed by atoms with E-state index in [2.05, 4.69) is 35.8 Å². The topological polar surface area (TPSA) is 36.7 Å². The third-order valence-corrected chi connectivity index (χ3v) is 5.78. The summed E-state index contributed by atoms with van der Waals surface area (Å²) in [7, 11) is 0. The van der Waals surface area contributed by atoms with Gasteiger partial charge in [0.15, 0.2) is 0 Å². The van der Waals surface area contributed by atoms with Gasteiger partial charge in [0.1, 0.15) is 5.58 Å². The number of anilines is 1. The molecule has 4 nitrogen and oxygen atoms in total. The van der Waals surface area contributed by atoms with Crippen LogP contribution >= 0.6 is 11.6 Å². The van der Waals surface area contributed by atoms with Gasteiger partial charge in [0.25, 0.3) is 0 Å². The minimum absolute atomic E-state index is 0.277. The number of nitrogens with zero attached hydrogens (tertiary/aromatic N) is 2. The molecule has 28 heavy (non-hydrogen) atoms. The van der Waals surface area contributed by atoms with E-state index < -0.39 is 0 Å². The van der Waals surface area contributed by atoms with Crippen molar-refractivity contribution in [3.63, 3.8) is 0 Å². The van der Waals surface area contributed by atoms with E-state index in [-0.39, 0.29) is 5.63 Å². The summed E-state index contributed by atoms with van der Waals surface area (Å²) in [6.07, 6.45) is 0. The lowest BCUT2D eigenvalue weighted by Crippen LogP contribution is -2.46. The van der Waals surface area contributed by atoms with Crippen LogP contribution in [0.15, 0.2) is 45.6 Å². The van der Waals surface area contributed by atoms with Crippen LogP contribution in [0.1, 0.15) is 22.3 Å². The minimum atomic E-state index is -0.277. The summed E-state index contributed by atoms with van der Waals surface area (Å²) in [6, 6.07) is 11.8. The molecule has 4 rings (SSSR count). The van der Waals surface area contributed by atoms with Crippen molar-refractivity contribution in [3.8, 4) is 0 Å². The van der Waals surface area contributed by atoms with Crippen LogP contribution in [0.4, 0.5) is 5.69 Å². The molecule has 1 aliphatic heterocycles. The zero-order chi connectivity index (χ0) is 19.8. The fourth-order valence-electron chi connectivity index (χ4n) is 4.21. The molecule has 1 fully saturated rings. The van der Waals surface area contributed by atoms with Gasteiger partial charge in [0.05, 0.1) is 0 Å². The van der Waals surface area contributed by atoms with Crippen LogP contribution in [0.3, 0.4) is 0 Å². The Morgan fingerprint density at radius 2 is 1.71 bits per heavy atom. The first-order valence-electron chi connectivity index (χ1n) is 9.68. The summed E-state index contributed by atoms with van der Waals surface area (Å²) in [5, 5.41) is 1.84. The molecule has 1 aliphatic rings. The molecule has 0 atom stereocenters. The lowest BCUT2D eigenvalue weighted by atomic mass is 10.0. The van der Waals surface area contributed by atoms with Gasteiger partial charge in [-0.2, -0.15) is 0 Å². The highest BCUT2D eigenvalue weighted by Gasteiger charge is 2.20. The van der Waals surface area contributed by atoms with E-state index in [1.165, 1.54) is 11.3 Å². The summed E-state index contributed by atoms with van der Waals surface area (Å²) in [4.78, 5) is 16.9. The second-order valence-corrected chi connectivity index (χ2v) is 8.18. The average Bonchev–Trinajstić information content (AvgIpc) is 2.63. The molecule has 0 spiro atoms. The average molecular weight is 397 g/mol. The first-order valence-corrected chi connectivity index (χ1v) is 10.1. The van der Waals surface area contributed by atoms with Gasteiger partial charge in [0.2, 0.25) is 0 Å². The lowest BCUT2D eigenvalue weighted by Gasteiger charge is -2.37. The Morgan fingerprint density at radius 1 is 0.964 bits per heavy atom. The molecule has 0 radical (unpaired) electrons. The predicted molar refractivity (Wildman–Crippen MR) is 116 cm³/mol. The van der Waals surface area contributed by atoms with E-state index in [1.54, 1.807) is 6.07 Å². The van der Waals surface area contributed by atoms with Gasteiger partial charge in [0, 0.05) is 54.9 Å². The third kappa shape index (κ3) is 3.80. The zero-order valence-electron chi connectivity index (χ0n) is 16.6. The number of aryl methyl sites for hydroxylation is 3. The fourth-order valence-corrected chi connectivity index (χ4v) is 4.37. The maximum absolute atomic E-state index is 12.1. The maximum Gasteiger partial charge on any atom is 0.336 e. The van der Waals surface area contributed by atoms with Crippen molar-refractivity contribution in [3.05, 3.63) is 74.1 Å². The molecule has 2 aromatic carbocycles. The number of rotatable bonds is 3. The number of benzene rings is 2. The van der Waals surface area contributed by atoms with Crippen LogP contribution in [0, 0.1) is 20.8 Å². The van der Waals surface area contributed by atoms with E-state index >= 15 is 0 Å². The Morgan fingerprint density at radius 3 is 2.46 bits per heavy atom. The van der Waals surface area contributed by atoms with Crippen molar-refractivity contribution in [1.29, 1.82) is 0 Å². The highest BCUT2D eigenvalue weighted by molar-refractivity contribution is 6.30. The first-order chi connectivity index (χ1) is 13.4. The van der Waals surface area contributed by atoms with Crippen molar-refractivity contribution in [2.24, 2.45) is 0 Å². The van der Waals surface area contributed by atoms with Gasteiger partial charge < -0.3 is 9.32 Å². The largest absolute Gasteiger partial charge is 0.423 e. The molecule has 0 aliphatic carbocycles. The van der Waals surface area contributed by atoms with Crippen LogP contribution in [0.25, 0.3) is 11.0 Å². The molecule has 0 bridgehead atoms. The SMILES string of the molecule is Cc1cc(C)c2c(CN3CCN(c4cc(Cl)ccc4C)CC3)cc(=O)oc2c1. The van der Waals surface area contributed by atoms with Crippen molar-refractivity contribution < 1.29 is 4.42 Å². The fraction of sp³-hybridized carbons (Fsp3) is 0.348. The molecule has 3 aromatic rings. The minimum Gasteiger partial charge on any atom is -0.423 e. The normalized spacial score (nSPS) is 15.4. The maximum atomic E-state index is 12.1. The zero-order valence-corrected chi connectivity index (χ0v) is 17.3. The molecule has 146 valence electrons. The summed E-state index contributed by atoms with van der Waals surface area (Å²) in [6.45, 7) is 10.8. The van der Waals surface area contributed by atoms with Crippen LogP contribution in [0.2, 0.25) is 5.02 Å². The Kier molecular flexibility index (Phi) is 5.17. The Bertz CT molecular complexity index is 1080. The molecule has 0 N–H and O–H groups in total. The number of hydrogen-bond acceptors (Lipinski definition) is 4. The Hall–Kier alpha value is -2.30. The summed E-state index contributed by atoms with van der Waals surface area (Å²) in [5.74, 6) is 0. The molecule has 2 heterocycles. The molecular formula is C23H25ClN2O2. The second-order valence-electron chi connectivity index (χ2n) is 7.74. The van der Waals surface area contributed by atoms with Gasteiger partial charge in [-0.1, -0.05) is 23.7 Å². The van der Waals surface area contributed by atoms with Crippen LogP contribution in [0.5, 0.6) is 0 Å². The standard InChI is InChI=1S/C23H25ClN2O2/c1-15-10-17(3)23-18(12-22(27)28-21(23)11-15)14-25-6-8-26(9-7-25)20-13-19(24)5-4-16(20)2/h4-5,10-13H,6-9,14H2,1-3H3. The Labute approximate surface area is 170 Å². The summed E-state index contributed by atoms with van der Waals surface area (Å²) < 4.78 is 5.46. The highest BCUT2D eigenvalue weighted by atomic mass is 35.5. The van der Waals surface area contributed by atoms with E-state index in [0.717, 1.165) is 59.8 Å². The molecule has 0 unspecified atom stereocenters. The van der Waals surface area contributed by atoms with Crippen molar-refractivity contribution >= 4 is 28.3 Å². The molecule has 5 heteroatoms. The first kappa shape index (κ1) is 19.0. The number of fused-ring (bicyclic) bond motifs is 1. The monoisotopic (exact) mass is 396 g/mol. The number of halogens is 1. The van der Waals surface area contributed by atoms with Crippen LogP contribution in [-0.4, -0.2) is 31.1 Å². The lowest BCUT2D eigenvalue weighted by molar-refractivity contribution is 0.250. The van der Waals surface area contributed by atoms with E-state index in [0.29, 0.717) is 5.58 Å². The summed E-state index contributed by atoms with van der Waals surface area (Å²) in [5.41, 5.74) is 6.18. The van der Waals surface area contributed by atoms with E-state index in [9.17, 15) is 4.79 Å². The second kappa shape index (κ2) is 7.61. The van der Waals surface area contributed by atoms with Crippen LogP contribution < -0.4 is 10.5 Å². The Balaban J connectivity index is 1.54. The van der Waals surface area contributed by atoms with Gasteiger partial charge in [-0.15, -0.1) is 0 Å². The van der Waals surface area contributed by atoms with Crippen molar-refractivity contribution in [2.45, 2.75) is 27.3 Å². The molecule has 1 saturated heterocycles. The highest BCUT2D eigenvalue weighted by Crippen LogP contribution is 2.27. The number of piperazine rings is 1. The van der Waals surface area contributed by atoms with Crippen LogP contribution in [-0.2, 0) is 6.54 Å². The van der Waals surface area contributed by atoms with Gasteiger partial charge in [-0.25, -0.2) is 4.79 Å². The molecule has 0 amide bonds. The molecule has 1 aromatic heterocycles. The third-order valence-electron chi connectivity index (χ3n) is 5.55. The van der Waals surface area contributed by atoms with Gasteiger partial charge in [-0.05, 0) is 61.2 Å². The summed E-state index contributed by atoms with van der Waals surface area (Å²) >= 11 is 6.19. The van der Waals surface area contributed by atoms with Gasteiger partial charge >= 0.3 is 5.63 Å². The van der Waals surface area contributed by atoms with E-state index in [1.807, 2.05) is 25.1 Å². The van der Waals surface area contributed by atoms with Crippen molar-refractivity contribution in [2.75, 3.05) is 31.1 Å². The molecular weight excluding hydrogens is 372 g/mol. The number of hydrogen-bond donors (Lipinski definition) is 0. The predicted octanol–water partition coefficient (Wildman–Crippen LogP) is 4.69. The van der Waals surface area contributed by atoms with E-state index in [4.69, 9.17) is 16.0 Å². The van der Waals surface area contributed by atoms with Crippen molar-refractivity contribution in [1.82, 2.24) is 4.90 Å². The van der Waals surface area contributed by atoms with Gasteiger partial charge in [-0.3, -0.25) is 4.90 Å². The smallest absolute Gasteiger partial charge is 0.336 e. The molecule has 0 saturated carbocycles. The quantitative estimate of drug-likeness (QED) is 0.601.